The molecule has 0 saturated heterocycles. The summed E-state index contributed by atoms with van der Waals surface area (Å²) in [7, 11) is 0. The normalized spacial score (nSPS) is 12.4. The van der Waals surface area contributed by atoms with Crippen LogP contribution in [0.3, 0.4) is 0 Å². The van der Waals surface area contributed by atoms with Gasteiger partial charge >= 0.3 is 0 Å². The molecule has 0 bridgehead atoms. The zero-order valence-corrected chi connectivity index (χ0v) is 24.3. The third-order valence-electron chi connectivity index (χ3n) is 9.95. The summed E-state index contributed by atoms with van der Waals surface area (Å²) in [4.78, 5) is 0. The molecule has 4 heterocycles. The van der Waals surface area contributed by atoms with Gasteiger partial charge in [0.15, 0.2) is 0 Å². The smallest absolute Gasteiger partial charge is 0.0620 e. The molecule has 0 aliphatic heterocycles. The van der Waals surface area contributed by atoms with Crippen molar-refractivity contribution in [3.8, 4) is 11.4 Å². The topological polar surface area (TPSA) is 14.3 Å². The van der Waals surface area contributed by atoms with Gasteiger partial charge in [0.25, 0.3) is 0 Å². The molecule has 0 saturated carbocycles. The summed E-state index contributed by atoms with van der Waals surface area (Å²) >= 11 is 0. The SMILES string of the molecule is c1ccc(-n2c3ccccc3c3cc4c(cc32)c2ccccc2n4-c2ccc3c4cccc5c6ccccc6n(c3c2)c54)cc1. The van der Waals surface area contributed by atoms with Gasteiger partial charge in [-0.15, -0.1) is 0 Å². The van der Waals surface area contributed by atoms with E-state index in [0.717, 1.165) is 0 Å². The van der Waals surface area contributed by atoms with Gasteiger partial charge in [-0.3, -0.25) is 0 Å². The minimum Gasteiger partial charge on any atom is -0.309 e. The van der Waals surface area contributed by atoms with E-state index in [1.54, 1.807) is 0 Å². The van der Waals surface area contributed by atoms with Crippen LogP contribution in [0.15, 0.2) is 152 Å². The number of para-hydroxylation sites is 5. The van der Waals surface area contributed by atoms with Crippen LogP contribution in [0.25, 0.3) is 93.1 Å². The lowest BCUT2D eigenvalue weighted by molar-refractivity contribution is 1.17. The molecule has 0 N–H and O–H groups in total. The molecule has 0 aliphatic rings. The monoisotopic (exact) mass is 571 g/mol. The first-order valence-corrected chi connectivity index (χ1v) is 15.5. The second-order valence-electron chi connectivity index (χ2n) is 12.2. The minimum atomic E-state index is 1.17. The Balaban J connectivity index is 1.28. The highest BCUT2D eigenvalue weighted by Crippen LogP contribution is 2.42. The summed E-state index contributed by atoms with van der Waals surface area (Å²) in [6, 6.07) is 55.7. The van der Waals surface area contributed by atoms with Gasteiger partial charge in [0.1, 0.15) is 0 Å². The number of rotatable bonds is 2. The van der Waals surface area contributed by atoms with Crippen LogP contribution in [0.1, 0.15) is 0 Å². The number of hydrogen-bond donors (Lipinski definition) is 0. The maximum absolute atomic E-state index is 2.47. The molecule has 0 amide bonds. The van der Waals surface area contributed by atoms with Crippen molar-refractivity contribution in [1.29, 1.82) is 0 Å². The van der Waals surface area contributed by atoms with Crippen LogP contribution in [0.5, 0.6) is 0 Å². The lowest BCUT2D eigenvalue weighted by Crippen LogP contribution is -1.95. The van der Waals surface area contributed by atoms with E-state index in [1.165, 1.54) is 93.1 Å². The third-order valence-corrected chi connectivity index (χ3v) is 9.95. The van der Waals surface area contributed by atoms with Crippen molar-refractivity contribution in [3.05, 3.63) is 152 Å². The fourth-order valence-corrected chi connectivity index (χ4v) is 8.12. The fourth-order valence-electron chi connectivity index (χ4n) is 8.12. The summed E-state index contributed by atoms with van der Waals surface area (Å²) in [5.74, 6) is 0. The van der Waals surface area contributed by atoms with Crippen molar-refractivity contribution >= 4 is 81.7 Å². The second kappa shape index (κ2) is 8.31. The molecule has 45 heavy (non-hydrogen) atoms. The van der Waals surface area contributed by atoms with E-state index in [4.69, 9.17) is 0 Å². The van der Waals surface area contributed by atoms with Crippen LogP contribution in [0.4, 0.5) is 0 Å². The maximum atomic E-state index is 2.47. The Morgan fingerprint density at radius 3 is 1.40 bits per heavy atom. The van der Waals surface area contributed by atoms with E-state index >= 15 is 0 Å². The van der Waals surface area contributed by atoms with Crippen molar-refractivity contribution in [3.63, 3.8) is 0 Å². The Kier molecular flexibility index (Phi) is 4.32. The molecular formula is C42H25N3. The molecule has 0 fully saturated rings. The zero-order chi connectivity index (χ0) is 29.2. The van der Waals surface area contributed by atoms with Crippen LogP contribution in [-0.2, 0) is 0 Å². The number of nitrogens with zero attached hydrogens (tertiary/aromatic N) is 3. The summed E-state index contributed by atoms with van der Waals surface area (Å²) < 4.78 is 7.34. The first kappa shape index (κ1) is 23.4. The molecule has 3 heteroatoms. The van der Waals surface area contributed by atoms with Gasteiger partial charge in [0.2, 0.25) is 0 Å². The lowest BCUT2D eigenvalue weighted by atomic mass is 10.1. The summed E-state index contributed by atoms with van der Waals surface area (Å²) in [5, 5.41) is 10.3. The van der Waals surface area contributed by atoms with Crippen molar-refractivity contribution in [2.75, 3.05) is 0 Å². The van der Waals surface area contributed by atoms with Crippen molar-refractivity contribution in [2.45, 2.75) is 0 Å². The highest BCUT2D eigenvalue weighted by atomic mass is 15.0. The molecule has 3 nitrogen and oxygen atoms in total. The van der Waals surface area contributed by atoms with Gasteiger partial charge < -0.3 is 13.5 Å². The van der Waals surface area contributed by atoms with Crippen LogP contribution in [0, 0.1) is 0 Å². The average molecular weight is 572 g/mol. The Morgan fingerprint density at radius 1 is 0.267 bits per heavy atom. The summed E-state index contributed by atoms with van der Waals surface area (Å²) in [6.07, 6.45) is 0. The molecule has 0 unspecified atom stereocenters. The molecule has 11 rings (SSSR count). The Bertz CT molecular complexity index is 2970. The third kappa shape index (κ3) is 2.90. The molecule has 4 aromatic heterocycles. The largest absolute Gasteiger partial charge is 0.309 e. The Hall–Kier alpha value is -6.06. The van der Waals surface area contributed by atoms with Gasteiger partial charge in [-0.25, -0.2) is 0 Å². The number of benzene rings is 7. The van der Waals surface area contributed by atoms with E-state index in [1.807, 2.05) is 0 Å². The fraction of sp³-hybridized carbons (Fsp3) is 0. The van der Waals surface area contributed by atoms with Crippen molar-refractivity contribution in [1.82, 2.24) is 13.5 Å². The van der Waals surface area contributed by atoms with Gasteiger partial charge in [-0.1, -0.05) is 97.1 Å². The first-order chi connectivity index (χ1) is 22.3. The van der Waals surface area contributed by atoms with Crippen molar-refractivity contribution < 1.29 is 0 Å². The molecule has 0 atom stereocenters. The standard InChI is InChI=1S/C42H25N3/c1-2-11-26(12-3-1)43-36-18-7-5-14-29(36)34-25-41-35(24-40(34)43)30-15-6-8-19-37(30)44(41)27-21-22-31-33-17-10-16-32-28-13-4-9-20-38(28)45(42(32)33)39(31)23-27/h1-25H. The highest BCUT2D eigenvalue weighted by molar-refractivity contribution is 6.24. The molecular weight excluding hydrogens is 546 g/mol. The van der Waals surface area contributed by atoms with Gasteiger partial charge in [-0.05, 0) is 54.6 Å². The lowest BCUT2D eigenvalue weighted by Gasteiger charge is -2.10. The van der Waals surface area contributed by atoms with E-state index in [-0.39, 0.29) is 0 Å². The number of aromatic nitrogens is 3. The van der Waals surface area contributed by atoms with Gasteiger partial charge in [0.05, 0.1) is 38.6 Å². The van der Waals surface area contributed by atoms with Crippen LogP contribution in [-0.4, -0.2) is 13.5 Å². The van der Waals surface area contributed by atoms with Gasteiger partial charge in [0, 0.05) is 54.5 Å². The molecule has 208 valence electrons. The first-order valence-electron chi connectivity index (χ1n) is 15.5. The maximum Gasteiger partial charge on any atom is 0.0620 e. The van der Waals surface area contributed by atoms with Gasteiger partial charge in [-0.2, -0.15) is 0 Å². The molecule has 7 aromatic carbocycles. The molecule has 0 spiro atoms. The Morgan fingerprint density at radius 2 is 0.756 bits per heavy atom. The zero-order valence-electron chi connectivity index (χ0n) is 24.3. The van der Waals surface area contributed by atoms with E-state index < -0.39 is 0 Å². The molecule has 0 aliphatic carbocycles. The molecule has 11 aromatic rings. The number of fused-ring (bicyclic) bond motifs is 12. The minimum absolute atomic E-state index is 1.17. The van der Waals surface area contributed by atoms with Crippen LogP contribution < -0.4 is 0 Å². The predicted molar refractivity (Wildman–Crippen MR) is 190 cm³/mol. The highest BCUT2D eigenvalue weighted by Gasteiger charge is 2.20. The second-order valence-corrected chi connectivity index (χ2v) is 12.2. The summed E-state index contributed by atoms with van der Waals surface area (Å²) in [5.41, 5.74) is 11.0. The van der Waals surface area contributed by atoms with Crippen LogP contribution in [0.2, 0.25) is 0 Å². The van der Waals surface area contributed by atoms with E-state index in [0.29, 0.717) is 0 Å². The number of hydrogen-bond acceptors (Lipinski definition) is 0. The average Bonchev–Trinajstić information content (AvgIpc) is 3.81. The summed E-state index contributed by atoms with van der Waals surface area (Å²) in [6.45, 7) is 0. The van der Waals surface area contributed by atoms with E-state index in [9.17, 15) is 0 Å². The van der Waals surface area contributed by atoms with Crippen molar-refractivity contribution in [2.24, 2.45) is 0 Å². The predicted octanol–water partition coefficient (Wildman–Crippen LogP) is 11.0. The quantitative estimate of drug-likeness (QED) is 0.196. The molecule has 0 radical (unpaired) electrons. The van der Waals surface area contributed by atoms with Crippen LogP contribution >= 0.6 is 0 Å². The Labute approximate surface area is 257 Å². The van der Waals surface area contributed by atoms with E-state index in [2.05, 4.69) is 165 Å².